The van der Waals surface area contributed by atoms with Gasteiger partial charge in [-0.1, -0.05) is 23.2 Å². The number of ketones is 1. The average molecular weight is 288 g/mol. The van der Waals surface area contributed by atoms with Gasteiger partial charge in [0, 0.05) is 25.3 Å². The minimum Gasteiger partial charge on any atom is -0.396 e. The lowest BCUT2D eigenvalue weighted by molar-refractivity contribution is -0.136. The van der Waals surface area contributed by atoms with Gasteiger partial charge in [0.25, 0.3) is 5.91 Å². The number of fused-ring (bicyclic) bond motifs is 1. The van der Waals surface area contributed by atoms with E-state index in [0.717, 1.165) is 0 Å². The van der Waals surface area contributed by atoms with Gasteiger partial charge in [0.2, 0.25) is 5.78 Å². The zero-order valence-corrected chi connectivity index (χ0v) is 11.0. The van der Waals surface area contributed by atoms with Crippen molar-refractivity contribution in [1.82, 2.24) is 0 Å². The third kappa shape index (κ3) is 2.36. The van der Waals surface area contributed by atoms with Crippen LogP contribution in [0.25, 0.3) is 0 Å². The highest BCUT2D eigenvalue weighted by Gasteiger charge is 2.31. The maximum atomic E-state index is 11.8. The number of hydrogen-bond donors (Lipinski definition) is 1. The van der Waals surface area contributed by atoms with Crippen molar-refractivity contribution in [2.75, 3.05) is 18.1 Å². The molecule has 1 heterocycles. The first kappa shape index (κ1) is 13.3. The summed E-state index contributed by atoms with van der Waals surface area (Å²) < 4.78 is 0. The van der Waals surface area contributed by atoms with Gasteiger partial charge in [0.15, 0.2) is 0 Å². The van der Waals surface area contributed by atoms with E-state index in [-0.39, 0.29) is 19.6 Å². The summed E-state index contributed by atoms with van der Waals surface area (Å²) in [6.45, 7) is 0.237. The molecule has 0 saturated heterocycles. The van der Waals surface area contributed by atoms with Crippen molar-refractivity contribution in [2.45, 2.75) is 12.8 Å². The first-order valence-electron chi connectivity index (χ1n) is 5.48. The van der Waals surface area contributed by atoms with E-state index in [1.54, 1.807) is 12.1 Å². The molecule has 96 valence electrons. The molecular weight excluding hydrogens is 277 g/mol. The smallest absolute Gasteiger partial charge is 0.294 e. The Morgan fingerprint density at radius 3 is 2.56 bits per heavy atom. The second-order valence-corrected chi connectivity index (χ2v) is 4.84. The van der Waals surface area contributed by atoms with E-state index in [4.69, 9.17) is 28.3 Å². The maximum Gasteiger partial charge on any atom is 0.294 e. The molecule has 0 atom stereocenters. The van der Waals surface area contributed by atoms with Crippen molar-refractivity contribution >= 4 is 40.6 Å². The molecule has 1 N–H and O–H groups in total. The summed E-state index contributed by atoms with van der Waals surface area (Å²) in [6, 6.07) is 3.19. The fourth-order valence-electron chi connectivity index (χ4n) is 1.93. The number of nitrogens with zero attached hydrogens (tertiary/aromatic N) is 1. The number of anilines is 1. The normalized spacial score (nSPS) is 14.9. The number of halogens is 2. The topological polar surface area (TPSA) is 57.6 Å². The number of carbonyl (C=O) groups is 2. The fourth-order valence-corrected chi connectivity index (χ4v) is 2.27. The lowest BCUT2D eigenvalue weighted by Crippen LogP contribution is -2.42. The number of aliphatic hydroxyl groups is 1. The Kier molecular flexibility index (Phi) is 3.90. The van der Waals surface area contributed by atoms with Gasteiger partial charge in [-0.2, -0.15) is 0 Å². The maximum absolute atomic E-state index is 11.8. The van der Waals surface area contributed by atoms with Crippen molar-refractivity contribution in [3.63, 3.8) is 0 Å². The van der Waals surface area contributed by atoms with E-state index < -0.39 is 11.7 Å². The third-order valence-corrected chi connectivity index (χ3v) is 3.51. The Bertz CT molecular complexity index is 516. The van der Waals surface area contributed by atoms with Gasteiger partial charge in [0.1, 0.15) is 0 Å². The Balaban J connectivity index is 2.45. The second kappa shape index (κ2) is 5.26. The van der Waals surface area contributed by atoms with E-state index in [2.05, 4.69) is 0 Å². The Labute approximate surface area is 114 Å². The summed E-state index contributed by atoms with van der Waals surface area (Å²) in [5.74, 6) is -1.03. The lowest BCUT2D eigenvalue weighted by atomic mass is 10.00. The largest absolute Gasteiger partial charge is 0.396 e. The molecule has 2 rings (SSSR count). The van der Waals surface area contributed by atoms with Crippen LogP contribution < -0.4 is 4.90 Å². The molecule has 0 saturated carbocycles. The molecule has 18 heavy (non-hydrogen) atoms. The van der Waals surface area contributed by atoms with Crippen LogP contribution in [0.4, 0.5) is 5.69 Å². The third-order valence-electron chi connectivity index (χ3n) is 2.79. The van der Waals surface area contributed by atoms with Crippen LogP contribution in [0.3, 0.4) is 0 Å². The SMILES string of the molecule is O=C1Cc2cc(Cl)c(Cl)cc2N(CCCO)C1=O. The molecule has 1 amide bonds. The minimum atomic E-state index is -0.561. The van der Waals surface area contributed by atoms with Crippen molar-refractivity contribution < 1.29 is 14.7 Å². The van der Waals surface area contributed by atoms with Gasteiger partial charge in [0.05, 0.1) is 10.0 Å². The fraction of sp³-hybridized carbons (Fsp3) is 0.333. The highest BCUT2D eigenvalue weighted by atomic mass is 35.5. The lowest BCUT2D eigenvalue weighted by Gasteiger charge is -2.28. The number of benzene rings is 1. The molecule has 1 aliphatic heterocycles. The minimum absolute atomic E-state index is 0.0423. The van der Waals surface area contributed by atoms with E-state index in [1.165, 1.54) is 4.90 Å². The van der Waals surface area contributed by atoms with E-state index in [1.807, 2.05) is 0 Å². The van der Waals surface area contributed by atoms with Gasteiger partial charge in [-0.25, -0.2) is 0 Å². The molecule has 4 nitrogen and oxygen atoms in total. The molecule has 0 spiro atoms. The van der Waals surface area contributed by atoms with Crippen LogP contribution in [0, 0.1) is 0 Å². The van der Waals surface area contributed by atoms with Crippen LogP contribution >= 0.6 is 23.2 Å². The Morgan fingerprint density at radius 1 is 1.22 bits per heavy atom. The van der Waals surface area contributed by atoms with Gasteiger partial charge >= 0.3 is 0 Å². The number of hydrogen-bond acceptors (Lipinski definition) is 3. The van der Waals surface area contributed by atoms with Gasteiger partial charge in [-0.05, 0) is 24.1 Å². The van der Waals surface area contributed by atoms with Crippen molar-refractivity contribution in [1.29, 1.82) is 0 Å². The van der Waals surface area contributed by atoms with Gasteiger partial charge in [-0.3, -0.25) is 9.59 Å². The van der Waals surface area contributed by atoms with Crippen LogP contribution in [0.5, 0.6) is 0 Å². The molecule has 6 heteroatoms. The van der Waals surface area contributed by atoms with Crippen LogP contribution in [0.2, 0.25) is 10.0 Å². The van der Waals surface area contributed by atoms with Gasteiger partial charge in [-0.15, -0.1) is 0 Å². The summed E-state index contributed by atoms with van der Waals surface area (Å²) in [6.07, 6.45) is 0.444. The van der Waals surface area contributed by atoms with Crippen molar-refractivity contribution in [3.05, 3.63) is 27.7 Å². The summed E-state index contributed by atoms with van der Waals surface area (Å²) in [7, 11) is 0. The predicted octanol–water partition coefficient (Wildman–Crippen LogP) is 1.83. The summed E-state index contributed by atoms with van der Waals surface area (Å²) >= 11 is 11.8. The molecule has 1 aromatic rings. The number of rotatable bonds is 3. The molecule has 0 radical (unpaired) electrons. The van der Waals surface area contributed by atoms with Gasteiger partial charge < -0.3 is 10.0 Å². The molecule has 0 aliphatic carbocycles. The Morgan fingerprint density at radius 2 is 1.89 bits per heavy atom. The first-order chi connectivity index (χ1) is 8.54. The molecule has 0 aromatic heterocycles. The van der Waals surface area contributed by atoms with Crippen LogP contribution in [0.1, 0.15) is 12.0 Å². The molecular formula is C12H11Cl2NO3. The number of amides is 1. The van der Waals surface area contributed by atoms with Crippen LogP contribution in [-0.2, 0) is 16.0 Å². The van der Waals surface area contributed by atoms with E-state index >= 15 is 0 Å². The molecule has 0 unspecified atom stereocenters. The first-order valence-corrected chi connectivity index (χ1v) is 6.23. The molecule has 1 aliphatic rings. The highest BCUT2D eigenvalue weighted by molar-refractivity contribution is 6.45. The predicted molar refractivity (Wildman–Crippen MR) is 69.2 cm³/mol. The number of Topliss-reactive ketones (excluding diaryl/α,β-unsaturated/α-hetero) is 1. The van der Waals surface area contributed by atoms with Crippen molar-refractivity contribution in [2.24, 2.45) is 0 Å². The van der Waals surface area contributed by atoms with Crippen LogP contribution in [0.15, 0.2) is 12.1 Å². The van der Waals surface area contributed by atoms with E-state index in [9.17, 15) is 9.59 Å². The Hall–Kier alpha value is -1.10. The number of aliphatic hydroxyl groups excluding tert-OH is 1. The van der Waals surface area contributed by atoms with Crippen LogP contribution in [-0.4, -0.2) is 29.9 Å². The molecule has 0 fully saturated rings. The highest BCUT2D eigenvalue weighted by Crippen LogP contribution is 2.34. The molecule has 1 aromatic carbocycles. The zero-order valence-electron chi connectivity index (χ0n) is 9.45. The molecule has 0 bridgehead atoms. The second-order valence-electron chi connectivity index (χ2n) is 4.03. The monoisotopic (exact) mass is 287 g/mol. The van der Waals surface area contributed by atoms with Crippen molar-refractivity contribution in [3.8, 4) is 0 Å². The number of carbonyl (C=O) groups excluding carboxylic acids is 2. The van der Waals surface area contributed by atoms with E-state index in [0.29, 0.717) is 27.7 Å². The summed E-state index contributed by atoms with van der Waals surface area (Å²) in [5, 5.41) is 9.53. The quantitative estimate of drug-likeness (QED) is 0.863. The summed E-state index contributed by atoms with van der Waals surface area (Å²) in [5.41, 5.74) is 1.29. The summed E-state index contributed by atoms with van der Waals surface area (Å²) in [4.78, 5) is 24.8. The average Bonchev–Trinajstić information content (AvgIpc) is 2.33. The standard InChI is InChI=1S/C12H11Cl2NO3/c13-8-4-7-5-11(17)12(18)15(2-1-3-16)10(7)6-9(8)14/h4,6,16H,1-3,5H2. The zero-order chi connectivity index (χ0) is 13.3.